The van der Waals surface area contributed by atoms with Crippen molar-refractivity contribution in [2.45, 2.75) is 32.0 Å². The molecule has 1 aliphatic rings. The molecule has 0 bridgehead atoms. The first-order chi connectivity index (χ1) is 11.1. The van der Waals surface area contributed by atoms with Crippen LogP contribution in [0.15, 0.2) is 36.4 Å². The van der Waals surface area contributed by atoms with Crippen molar-refractivity contribution in [3.8, 4) is 0 Å². The minimum Gasteiger partial charge on any atom is -0.392 e. The van der Waals surface area contributed by atoms with Gasteiger partial charge in [-0.05, 0) is 25.0 Å². The van der Waals surface area contributed by atoms with Crippen molar-refractivity contribution in [2.75, 3.05) is 13.1 Å². The molecule has 6 nitrogen and oxygen atoms in total. The maximum absolute atomic E-state index is 12.1. The molecule has 3 N–H and O–H groups in total. The summed E-state index contributed by atoms with van der Waals surface area (Å²) in [5, 5.41) is 19.6. The van der Waals surface area contributed by atoms with Gasteiger partial charge in [0.25, 0.3) is 5.91 Å². The van der Waals surface area contributed by atoms with E-state index in [-0.39, 0.29) is 18.1 Å². The summed E-state index contributed by atoms with van der Waals surface area (Å²) < 4.78 is 0. The number of aliphatic hydroxyl groups is 1. The first kappa shape index (κ1) is 15.7. The van der Waals surface area contributed by atoms with Crippen LogP contribution in [-0.4, -0.2) is 51.3 Å². The number of likely N-dealkylation sites (tertiary alicyclic amines) is 1. The van der Waals surface area contributed by atoms with E-state index in [1.807, 2.05) is 25.1 Å². The Balaban J connectivity index is 1.58. The molecule has 2 unspecified atom stereocenters. The smallest absolute Gasteiger partial charge is 0.271 e. The number of nitrogens with one attached hydrogen (secondary N) is 2. The Morgan fingerprint density at radius 2 is 2.22 bits per heavy atom. The van der Waals surface area contributed by atoms with E-state index in [2.05, 4.69) is 32.5 Å². The number of carbonyl (C=O) groups is 1. The highest BCUT2D eigenvalue weighted by atomic mass is 16.3. The van der Waals surface area contributed by atoms with Crippen LogP contribution in [0.1, 0.15) is 28.2 Å². The minimum absolute atomic E-state index is 0.134. The summed E-state index contributed by atoms with van der Waals surface area (Å²) in [7, 11) is 0. The Morgan fingerprint density at radius 3 is 2.91 bits per heavy atom. The molecule has 122 valence electrons. The van der Waals surface area contributed by atoms with Crippen LogP contribution in [0.5, 0.6) is 0 Å². The van der Waals surface area contributed by atoms with Gasteiger partial charge in [0.2, 0.25) is 0 Å². The number of hydrogen-bond donors (Lipinski definition) is 3. The van der Waals surface area contributed by atoms with Gasteiger partial charge in [0, 0.05) is 31.4 Å². The molecule has 2 aromatic rings. The Bertz CT molecular complexity index is 656. The molecule has 2 heterocycles. The third kappa shape index (κ3) is 3.97. The number of aliphatic hydroxyl groups excluding tert-OH is 1. The molecule has 1 aliphatic heterocycles. The molecular weight excluding hydrogens is 292 g/mol. The van der Waals surface area contributed by atoms with Crippen molar-refractivity contribution in [1.82, 2.24) is 20.4 Å². The predicted molar refractivity (Wildman–Crippen MR) is 86.9 cm³/mol. The number of β-amino-alcohol motifs (C(OH)–C–C–N with tert-alkyl or cyclic N) is 1. The standard InChI is InChI=1S/C17H22N4O2/c1-12-7-16(20-19-12)17(23)18-9-14-8-15(22)11-21(14)10-13-5-3-2-4-6-13/h2-7,14-15,22H,8-11H2,1H3,(H,18,23)(H,19,20). The van der Waals surface area contributed by atoms with Crippen molar-refractivity contribution in [3.63, 3.8) is 0 Å². The normalized spacial score (nSPS) is 21.5. The first-order valence-electron chi connectivity index (χ1n) is 7.88. The molecule has 0 saturated carbocycles. The minimum atomic E-state index is -0.340. The summed E-state index contributed by atoms with van der Waals surface area (Å²) >= 11 is 0. The van der Waals surface area contributed by atoms with Gasteiger partial charge in [-0.25, -0.2) is 0 Å². The van der Waals surface area contributed by atoms with Crippen LogP contribution in [0.4, 0.5) is 0 Å². The van der Waals surface area contributed by atoms with E-state index in [0.717, 1.165) is 12.2 Å². The monoisotopic (exact) mass is 314 g/mol. The number of hydrogen-bond acceptors (Lipinski definition) is 4. The van der Waals surface area contributed by atoms with E-state index in [9.17, 15) is 9.90 Å². The number of H-pyrrole nitrogens is 1. The zero-order valence-electron chi connectivity index (χ0n) is 13.2. The molecule has 1 saturated heterocycles. The quantitative estimate of drug-likeness (QED) is 0.771. The van der Waals surface area contributed by atoms with Gasteiger partial charge in [-0.3, -0.25) is 14.8 Å². The number of benzene rings is 1. The molecule has 6 heteroatoms. The largest absolute Gasteiger partial charge is 0.392 e. The Morgan fingerprint density at radius 1 is 1.43 bits per heavy atom. The van der Waals surface area contributed by atoms with Gasteiger partial charge in [-0.1, -0.05) is 30.3 Å². The van der Waals surface area contributed by atoms with Crippen LogP contribution < -0.4 is 5.32 Å². The lowest BCUT2D eigenvalue weighted by Crippen LogP contribution is -2.39. The number of rotatable bonds is 5. The molecule has 1 fully saturated rings. The van der Waals surface area contributed by atoms with E-state index in [1.54, 1.807) is 6.07 Å². The SMILES string of the molecule is Cc1cc(C(=O)NCC2CC(O)CN2Cc2ccccc2)n[nH]1. The number of aryl methyl sites for hydroxylation is 1. The summed E-state index contributed by atoms with van der Waals surface area (Å²) in [6.45, 7) is 3.78. The number of aromatic amines is 1. The summed E-state index contributed by atoms with van der Waals surface area (Å²) in [4.78, 5) is 14.3. The lowest BCUT2D eigenvalue weighted by Gasteiger charge is -2.24. The predicted octanol–water partition coefficient (Wildman–Crippen LogP) is 1.08. The Hall–Kier alpha value is -2.18. The number of carbonyl (C=O) groups excluding carboxylic acids is 1. The number of amides is 1. The van der Waals surface area contributed by atoms with E-state index >= 15 is 0 Å². The summed E-state index contributed by atoms with van der Waals surface area (Å²) in [6.07, 6.45) is 0.334. The van der Waals surface area contributed by atoms with Crippen molar-refractivity contribution >= 4 is 5.91 Å². The topological polar surface area (TPSA) is 81.2 Å². The molecule has 0 aliphatic carbocycles. The molecular formula is C17H22N4O2. The van der Waals surface area contributed by atoms with Crippen molar-refractivity contribution in [2.24, 2.45) is 0 Å². The van der Waals surface area contributed by atoms with Crippen LogP contribution in [0, 0.1) is 6.92 Å². The highest BCUT2D eigenvalue weighted by Crippen LogP contribution is 2.20. The summed E-state index contributed by atoms with van der Waals surface area (Å²) in [5.41, 5.74) is 2.47. The molecule has 0 radical (unpaired) electrons. The van der Waals surface area contributed by atoms with E-state index in [4.69, 9.17) is 0 Å². The van der Waals surface area contributed by atoms with Gasteiger partial charge < -0.3 is 10.4 Å². The van der Waals surface area contributed by atoms with E-state index < -0.39 is 0 Å². The Labute approximate surface area is 135 Å². The van der Waals surface area contributed by atoms with Gasteiger partial charge in [0.05, 0.1) is 6.10 Å². The number of nitrogens with zero attached hydrogens (tertiary/aromatic N) is 2. The molecule has 3 rings (SSSR count). The molecule has 0 spiro atoms. The first-order valence-corrected chi connectivity index (χ1v) is 7.88. The zero-order chi connectivity index (χ0) is 16.2. The van der Waals surface area contributed by atoms with Gasteiger partial charge in [0.15, 0.2) is 0 Å². The third-order valence-corrected chi connectivity index (χ3v) is 4.17. The van der Waals surface area contributed by atoms with Crippen LogP contribution in [-0.2, 0) is 6.54 Å². The second kappa shape index (κ2) is 6.93. The fourth-order valence-electron chi connectivity index (χ4n) is 3.02. The van der Waals surface area contributed by atoms with Crippen LogP contribution in [0.2, 0.25) is 0 Å². The molecule has 1 aromatic heterocycles. The van der Waals surface area contributed by atoms with Gasteiger partial charge in [0.1, 0.15) is 5.69 Å². The highest BCUT2D eigenvalue weighted by molar-refractivity contribution is 5.92. The Kier molecular flexibility index (Phi) is 4.73. The van der Waals surface area contributed by atoms with Gasteiger partial charge in [-0.2, -0.15) is 5.10 Å². The third-order valence-electron chi connectivity index (χ3n) is 4.17. The van der Waals surface area contributed by atoms with Crippen molar-refractivity contribution < 1.29 is 9.90 Å². The summed E-state index contributed by atoms with van der Waals surface area (Å²) in [5.74, 6) is -0.185. The lowest BCUT2D eigenvalue weighted by atomic mass is 10.1. The van der Waals surface area contributed by atoms with E-state index in [1.165, 1.54) is 5.56 Å². The van der Waals surface area contributed by atoms with Crippen molar-refractivity contribution in [1.29, 1.82) is 0 Å². The summed E-state index contributed by atoms with van der Waals surface area (Å²) in [6, 6.07) is 12.0. The zero-order valence-corrected chi connectivity index (χ0v) is 13.2. The van der Waals surface area contributed by atoms with Crippen LogP contribution in [0.25, 0.3) is 0 Å². The fraction of sp³-hybridized carbons (Fsp3) is 0.412. The molecule has 1 amide bonds. The van der Waals surface area contributed by atoms with E-state index in [0.29, 0.717) is 25.2 Å². The molecule has 23 heavy (non-hydrogen) atoms. The molecule has 2 atom stereocenters. The highest BCUT2D eigenvalue weighted by Gasteiger charge is 2.31. The van der Waals surface area contributed by atoms with Crippen LogP contribution in [0.3, 0.4) is 0 Å². The van der Waals surface area contributed by atoms with Crippen molar-refractivity contribution in [3.05, 3.63) is 53.3 Å². The molecule has 1 aromatic carbocycles. The fourth-order valence-corrected chi connectivity index (χ4v) is 3.02. The van der Waals surface area contributed by atoms with Crippen LogP contribution >= 0.6 is 0 Å². The average molecular weight is 314 g/mol. The maximum atomic E-state index is 12.1. The lowest BCUT2D eigenvalue weighted by molar-refractivity contribution is 0.0935. The van der Waals surface area contributed by atoms with Gasteiger partial charge in [-0.15, -0.1) is 0 Å². The second-order valence-electron chi connectivity index (χ2n) is 6.10. The number of aromatic nitrogens is 2. The second-order valence-corrected chi connectivity index (χ2v) is 6.10. The maximum Gasteiger partial charge on any atom is 0.271 e. The average Bonchev–Trinajstić information content (AvgIpc) is 3.12. The van der Waals surface area contributed by atoms with Gasteiger partial charge >= 0.3 is 0 Å².